The summed E-state index contributed by atoms with van der Waals surface area (Å²) in [5.41, 5.74) is -0.122. The number of halogens is 6. The van der Waals surface area contributed by atoms with Crippen LogP contribution in [-0.4, -0.2) is 45.1 Å². The lowest BCUT2D eigenvalue weighted by Gasteiger charge is -2.16. The minimum Gasteiger partial charge on any atom is -0.484 e. The molecule has 0 spiro atoms. The first kappa shape index (κ1) is 28.1. The molecule has 3 aromatic rings. The Morgan fingerprint density at radius 1 is 0.919 bits per heavy atom. The molecule has 0 atom stereocenters. The fraction of sp³-hybridized carbons (Fsp3) is 0.227. The molecule has 1 heterocycles. The second-order valence-corrected chi connectivity index (χ2v) is 10.2. The van der Waals surface area contributed by atoms with Gasteiger partial charge in [-0.05, 0) is 29.8 Å². The second kappa shape index (κ2) is 10.9. The molecule has 0 unspecified atom stereocenters. The zero-order valence-electron chi connectivity index (χ0n) is 18.4. The lowest BCUT2D eigenvalue weighted by Crippen LogP contribution is -2.21. The summed E-state index contributed by atoms with van der Waals surface area (Å²) in [5, 5.41) is 9.50. The number of carbonyl (C=O) groups is 1. The molecule has 15 heteroatoms. The number of nitrogens with one attached hydrogen (secondary N) is 1. The van der Waals surface area contributed by atoms with Gasteiger partial charge in [-0.3, -0.25) is 4.72 Å². The van der Waals surface area contributed by atoms with Crippen LogP contribution in [0.2, 0.25) is 0 Å². The molecule has 37 heavy (non-hydrogen) atoms. The number of benzene rings is 2. The molecule has 0 amide bonds. The Labute approximate surface area is 210 Å². The van der Waals surface area contributed by atoms with Crippen molar-refractivity contribution < 1.29 is 54.1 Å². The fourth-order valence-corrected chi connectivity index (χ4v) is 5.23. The molecule has 0 saturated carbocycles. The molecule has 2 N–H and O–H groups in total. The van der Waals surface area contributed by atoms with Gasteiger partial charge in [0.15, 0.2) is 13.2 Å². The monoisotopic (exact) mass is 569 g/mol. The molecule has 2 aromatic carbocycles. The summed E-state index contributed by atoms with van der Waals surface area (Å²) in [6.07, 6.45) is -9.50. The summed E-state index contributed by atoms with van der Waals surface area (Å²) >= 11 is 0.790. The van der Waals surface area contributed by atoms with Crippen LogP contribution in [0.15, 0.2) is 54.6 Å². The van der Waals surface area contributed by atoms with Crippen LogP contribution in [0.25, 0.3) is 10.4 Å². The van der Waals surface area contributed by atoms with E-state index in [0.29, 0.717) is 10.4 Å². The maximum Gasteiger partial charge on any atom is 0.422 e. The molecule has 0 saturated heterocycles. The van der Waals surface area contributed by atoms with Crippen LogP contribution in [0.4, 0.5) is 32.0 Å². The van der Waals surface area contributed by atoms with E-state index in [9.17, 15) is 44.7 Å². The number of ether oxygens (including phenoxy) is 2. The molecular formula is C22H17F6NO6S2. The smallest absolute Gasteiger partial charge is 0.422 e. The van der Waals surface area contributed by atoms with E-state index >= 15 is 0 Å². The third kappa shape index (κ3) is 8.56. The maximum atomic E-state index is 12.9. The highest BCUT2D eigenvalue weighted by atomic mass is 32.2. The largest absolute Gasteiger partial charge is 0.484 e. The molecule has 0 aliphatic carbocycles. The van der Waals surface area contributed by atoms with Gasteiger partial charge in [0, 0.05) is 10.4 Å². The number of alkyl halides is 6. The third-order valence-electron chi connectivity index (χ3n) is 4.42. The van der Waals surface area contributed by atoms with Gasteiger partial charge in [0.2, 0.25) is 10.0 Å². The van der Waals surface area contributed by atoms with Crippen molar-refractivity contribution >= 4 is 33.0 Å². The minimum absolute atomic E-state index is 0.293. The maximum absolute atomic E-state index is 12.9. The van der Waals surface area contributed by atoms with E-state index < -0.39 is 64.4 Å². The van der Waals surface area contributed by atoms with Crippen molar-refractivity contribution in [1.82, 2.24) is 0 Å². The number of anilines is 1. The minimum atomic E-state index is -4.78. The summed E-state index contributed by atoms with van der Waals surface area (Å²) in [6.45, 7) is -3.51. The summed E-state index contributed by atoms with van der Waals surface area (Å²) < 4.78 is 112. The molecule has 0 aliphatic heterocycles. The number of hydrogen-bond donors (Lipinski definition) is 2. The first-order chi connectivity index (χ1) is 17.1. The number of hydrogen-bond acceptors (Lipinski definition) is 6. The lowest BCUT2D eigenvalue weighted by atomic mass is 10.2. The van der Waals surface area contributed by atoms with Crippen molar-refractivity contribution in [1.29, 1.82) is 0 Å². The first-order valence-corrected chi connectivity index (χ1v) is 12.5. The Kier molecular flexibility index (Phi) is 8.27. The van der Waals surface area contributed by atoms with Crippen LogP contribution in [0.1, 0.15) is 15.2 Å². The Balaban J connectivity index is 1.91. The van der Waals surface area contributed by atoms with Crippen molar-refractivity contribution in [3.05, 3.63) is 65.0 Å². The Morgan fingerprint density at radius 2 is 1.54 bits per heavy atom. The molecule has 7 nitrogen and oxygen atoms in total. The van der Waals surface area contributed by atoms with Gasteiger partial charge in [-0.1, -0.05) is 30.3 Å². The zero-order chi connectivity index (χ0) is 27.4. The van der Waals surface area contributed by atoms with Crippen LogP contribution in [0, 0.1) is 0 Å². The SMILES string of the molecule is O=C(O)c1sc(-c2ccccc2)cc1NS(=O)(=O)Cc1cc(OCC(F)(F)F)ccc1OCC(F)(F)F. The fourth-order valence-electron chi connectivity index (χ4n) is 3.00. The molecular weight excluding hydrogens is 552 g/mol. The van der Waals surface area contributed by atoms with Crippen molar-refractivity contribution in [2.75, 3.05) is 17.9 Å². The number of sulfonamides is 1. The summed E-state index contributed by atoms with van der Waals surface area (Å²) in [5.74, 6) is -3.51. The number of rotatable bonds is 10. The van der Waals surface area contributed by atoms with Crippen LogP contribution in [0.5, 0.6) is 11.5 Å². The van der Waals surface area contributed by atoms with Gasteiger partial charge < -0.3 is 14.6 Å². The van der Waals surface area contributed by atoms with Gasteiger partial charge in [-0.15, -0.1) is 11.3 Å². The third-order valence-corrected chi connectivity index (χ3v) is 6.82. The van der Waals surface area contributed by atoms with E-state index in [1.807, 2.05) is 0 Å². The summed E-state index contributed by atoms with van der Waals surface area (Å²) in [6, 6.07) is 12.3. The van der Waals surface area contributed by atoms with Gasteiger partial charge >= 0.3 is 18.3 Å². The van der Waals surface area contributed by atoms with Gasteiger partial charge in [0.25, 0.3) is 0 Å². The number of aromatic carboxylic acids is 1. The standard InChI is InChI=1S/C22H17F6NO6S2/c23-21(24,25)11-34-15-6-7-17(35-12-22(26,27)28)14(8-15)10-37(32,33)29-16-9-18(36-19(16)20(30)31)13-4-2-1-3-5-13/h1-9,29H,10-12H2,(H,30,31). The highest BCUT2D eigenvalue weighted by molar-refractivity contribution is 7.92. The van der Waals surface area contributed by atoms with E-state index in [1.54, 1.807) is 30.3 Å². The quantitative estimate of drug-likeness (QED) is 0.293. The van der Waals surface area contributed by atoms with Crippen molar-refractivity contribution in [3.8, 4) is 21.9 Å². The molecule has 0 fully saturated rings. The molecule has 0 aliphatic rings. The van der Waals surface area contributed by atoms with E-state index in [-0.39, 0.29) is 10.6 Å². The highest BCUT2D eigenvalue weighted by Gasteiger charge is 2.31. The first-order valence-electron chi connectivity index (χ1n) is 10.1. The van der Waals surface area contributed by atoms with Crippen molar-refractivity contribution in [3.63, 3.8) is 0 Å². The number of thiophene rings is 1. The molecule has 0 radical (unpaired) electrons. The number of carboxylic acids is 1. The van der Waals surface area contributed by atoms with E-state index in [2.05, 4.69) is 14.2 Å². The van der Waals surface area contributed by atoms with E-state index in [0.717, 1.165) is 29.5 Å². The van der Waals surface area contributed by atoms with E-state index in [1.165, 1.54) is 6.07 Å². The highest BCUT2D eigenvalue weighted by Crippen LogP contribution is 2.36. The van der Waals surface area contributed by atoms with E-state index in [4.69, 9.17) is 0 Å². The number of carboxylic acid groups (broad SMARTS) is 1. The molecule has 1 aromatic heterocycles. The summed E-state index contributed by atoms with van der Waals surface area (Å²) in [7, 11) is -4.49. The normalized spacial score (nSPS) is 12.3. The second-order valence-electron chi connectivity index (χ2n) is 7.46. The van der Waals surface area contributed by atoms with Crippen molar-refractivity contribution in [2.45, 2.75) is 18.1 Å². The van der Waals surface area contributed by atoms with Crippen molar-refractivity contribution in [2.24, 2.45) is 0 Å². The lowest BCUT2D eigenvalue weighted by molar-refractivity contribution is -0.154. The van der Waals surface area contributed by atoms with Gasteiger partial charge in [-0.2, -0.15) is 26.3 Å². The van der Waals surface area contributed by atoms with Crippen LogP contribution in [-0.2, 0) is 15.8 Å². The Morgan fingerprint density at radius 3 is 2.14 bits per heavy atom. The average molecular weight is 570 g/mol. The molecule has 0 bridgehead atoms. The Bertz CT molecular complexity index is 1350. The van der Waals surface area contributed by atoms with Gasteiger partial charge in [-0.25, -0.2) is 13.2 Å². The predicted octanol–water partition coefficient (Wildman–Crippen LogP) is 5.94. The van der Waals surface area contributed by atoms with Gasteiger partial charge in [0.1, 0.15) is 16.4 Å². The zero-order valence-corrected chi connectivity index (χ0v) is 20.0. The van der Waals surface area contributed by atoms with Crippen LogP contribution < -0.4 is 14.2 Å². The van der Waals surface area contributed by atoms with Crippen LogP contribution >= 0.6 is 11.3 Å². The van der Waals surface area contributed by atoms with Crippen LogP contribution in [0.3, 0.4) is 0 Å². The Hall–Kier alpha value is -3.46. The predicted molar refractivity (Wildman–Crippen MR) is 123 cm³/mol. The molecule has 3 rings (SSSR count). The average Bonchev–Trinajstić information content (AvgIpc) is 3.19. The molecule has 200 valence electrons. The van der Waals surface area contributed by atoms with Gasteiger partial charge in [0.05, 0.1) is 11.4 Å². The summed E-state index contributed by atoms with van der Waals surface area (Å²) in [4.78, 5) is 11.8. The topological polar surface area (TPSA) is 102 Å².